The first-order chi connectivity index (χ1) is 16.8. The molecular weight excluding hydrogens is 436 g/mol. The van der Waals surface area contributed by atoms with Crippen molar-refractivity contribution in [2.24, 2.45) is 11.3 Å². The number of likely N-dealkylation sites (tertiary alicyclic amines) is 1. The first kappa shape index (κ1) is 23.9. The molecule has 0 unspecified atom stereocenters. The lowest BCUT2D eigenvalue weighted by Gasteiger charge is -2.65. The molecule has 2 aromatic carbocycles. The van der Waals surface area contributed by atoms with Crippen molar-refractivity contribution in [3.8, 4) is 17.6 Å². The number of rotatable bonds is 5. The second-order valence-corrected chi connectivity index (χ2v) is 10.8. The van der Waals surface area contributed by atoms with E-state index in [1.165, 1.54) is 11.1 Å². The highest BCUT2D eigenvalue weighted by atomic mass is 16.6. The van der Waals surface area contributed by atoms with Crippen molar-refractivity contribution in [2.45, 2.75) is 63.4 Å². The molecule has 6 atom stereocenters. The summed E-state index contributed by atoms with van der Waals surface area (Å²) in [5.41, 5.74) is 2.07. The number of ether oxygens (including phenoxy) is 3. The Kier molecular flexibility index (Phi) is 5.74. The molecule has 35 heavy (non-hydrogen) atoms. The summed E-state index contributed by atoms with van der Waals surface area (Å²) in [5.74, 6) is 1.18. The normalized spacial score (nSPS) is 35.7. The third kappa shape index (κ3) is 3.06. The van der Waals surface area contributed by atoms with Gasteiger partial charge in [0.1, 0.15) is 18.3 Å². The van der Waals surface area contributed by atoms with Crippen molar-refractivity contribution in [2.75, 3.05) is 20.7 Å². The fourth-order valence-electron chi connectivity index (χ4n) is 7.39. The van der Waals surface area contributed by atoms with Gasteiger partial charge in [0.25, 0.3) is 0 Å². The molecule has 5 nitrogen and oxygen atoms in total. The minimum absolute atomic E-state index is 0.204. The van der Waals surface area contributed by atoms with Crippen molar-refractivity contribution in [3.63, 3.8) is 0 Å². The summed E-state index contributed by atoms with van der Waals surface area (Å²) in [5, 5.41) is 10.3. The molecule has 5 heteroatoms. The van der Waals surface area contributed by atoms with Crippen LogP contribution in [0.2, 0.25) is 0 Å². The Balaban J connectivity index is 1.71. The molecule has 2 heterocycles. The van der Waals surface area contributed by atoms with E-state index in [4.69, 9.17) is 14.2 Å². The van der Waals surface area contributed by atoms with Crippen LogP contribution in [0.25, 0.3) is 0 Å². The topological polar surface area (TPSA) is 54.7 Å². The van der Waals surface area contributed by atoms with E-state index in [1.54, 1.807) is 7.11 Å². The number of hydrogen-bond acceptors (Lipinski definition) is 5. The number of nitrogens with zero attached hydrogens (tertiary/aromatic N) is 2. The number of benzene rings is 2. The van der Waals surface area contributed by atoms with Crippen molar-refractivity contribution >= 4 is 0 Å². The summed E-state index contributed by atoms with van der Waals surface area (Å²) in [7, 11) is 3.88. The average molecular weight is 473 g/mol. The summed E-state index contributed by atoms with van der Waals surface area (Å²) >= 11 is 0. The predicted octanol–water partition coefficient (Wildman–Crippen LogP) is 5.42. The van der Waals surface area contributed by atoms with Crippen LogP contribution in [0, 0.1) is 29.6 Å². The van der Waals surface area contributed by atoms with E-state index >= 15 is 0 Å². The number of piperidine rings is 1. The van der Waals surface area contributed by atoms with Crippen LogP contribution in [0.1, 0.15) is 43.4 Å². The van der Waals surface area contributed by atoms with Gasteiger partial charge in [-0.2, -0.15) is 5.26 Å². The lowest BCUT2D eigenvalue weighted by molar-refractivity contribution is -0.194. The summed E-state index contributed by atoms with van der Waals surface area (Å²) < 4.78 is 19.6. The minimum Gasteiger partial charge on any atom is -0.485 e. The highest BCUT2D eigenvalue weighted by molar-refractivity contribution is 5.61. The molecule has 0 N–H and O–H groups in total. The summed E-state index contributed by atoms with van der Waals surface area (Å²) in [6, 6.07) is 17.2. The van der Waals surface area contributed by atoms with Gasteiger partial charge in [-0.15, -0.1) is 6.58 Å². The van der Waals surface area contributed by atoms with E-state index in [1.807, 2.05) is 30.3 Å². The van der Waals surface area contributed by atoms with Crippen LogP contribution in [0.15, 0.2) is 55.1 Å². The van der Waals surface area contributed by atoms with Crippen LogP contribution < -0.4 is 9.47 Å². The molecule has 2 aliphatic heterocycles. The second-order valence-electron chi connectivity index (χ2n) is 10.8. The number of hydrogen-bond donors (Lipinski definition) is 0. The lowest BCUT2D eigenvalue weighted by atomic mass is 9.43. The lowest BCUT2D eigenvalue weighted by Crippen LogP contribution is -2.74. The minimum atomic E-state index is -0.911. The molecule has 1 saturated carbocycles. The van der Waals surface area contributed by atoms with Crippen molar-refractivity contribution in [1.82, 2.24) is 4.90 Å². The molecule has 1 aliphatic carbocycles. The molecule has 1 saturated heterocycles. The molecule has 2 aromatic rings. The Morgan fingerprint density at radius 1 is 1.26 bits per heavy atom. The number of fused-ring (bicyclic) bond motifs is 1. The maximum absolute atomic E-state index is 10.3. The molecule has 3 aliphatic rings. The molecule has 5 rings (SSSR count). The number of methoxy groups -OCH3 is 1. The smallest absolute Gasteiger partial charge is 0.166 e. The van der Waals surface area contributed by atoms with Gasteiger partial charge in [-0.1, -0.05) is 49.4 Å². The molecular formula is C30H36N2O3. The van der Waals surface area contributed by atoms with Gasteiger partial charge in [-0.25, -0.2) is 0 Å². The van der Waals surface area contributed by atoms with Crippen molar-refractivity contribution < 1.29 is 14.2 Å². The quantitative estimate of drug-likeness (QED) is 0.544. The van der Waals surface area contributed by atoms with E-state index in [0.29, 0.717) is 13.0 Å². The number of nitriles is 1. The van der Waals surface area contributed by atoms with Gasteiger partial charge in [-0.05, 0) is 62.9 Å². The van der Waals surface area contributed by atoms with Gasteiger partial charge in [0, 0.05) is 24.1 Å². The first-order valence-corrected chi connectivity index (χ1v) is 12.5. The highest BCUT2D eigenvalue weighted by Gasteiger charge is 2.74. The number of aryl methyl sites for hydroxylation is 1. The maximum atomic E-state index is 10.3. The van der Waals surface area contributed by atoms with E-state index in [-0.39, 0.29) is 28.9 Å². The van der Waals surface area contributed by atoms with Crippen LogP contribution >= 0.6 is 0 Å². The molecule has 0 aromatic heterocycles. The predicted molar refractivity (Wildman–Crippen MR) is 137 cm³/mol. The summed E-state index contributed by atoms with van der Waals surface area (Å²) in [6.07, 6.45) is 3.08. The van der Waals surface area contributed by atoms with Crippen LogP contribution in [0.4, 0.5) is 0 Å². The average Bonchev–Trinajstić information content (AvgIpc) is 3.24. The van der Waals surface area contributed by atoms with Gasteiger partial charge in [0.15, 0.2) is 11.5 Å². The summed E-state index contributed by atoms with van der Waals surface area (Å²) in [4.78, 5) is 2.42. The van der Waals surface area contributed by atoms with E-state index < -0.39 is 5.60 Å². The maximum Gasteiger partial charge on any atom is 0.166 e. The Hall–Kier alpha value is -2.81. The fraction of sp³-hybridized carbons (Fsp3) is 0.500. The molecule has 0 amide bonds. The zero-order valence-corrected chi connectivity index (χ0v) is 21.5. The van der Waals surface area contributed by atoms with Gasteiger partial charge in [0.05, 0.1) is 12.0 Å². The largest absolute Gasteiger partial charge is 0.485 e. The molecule has 0 radical (unpaired) electrons. The van der Waals surface area contributed by atoms with Crippen molar-refractivity contribution in [3.05, 3.63) is 71.8 Å². The van der Waals surface area contributed by atoms with Crippen LogP contribution in [0.5, 0.6) is 11.5 Å². The standard InChI is InChI=1S/C30H36N2O3/c1-7-30(33-6)23(18-31)17-28(4)21(3)32(5)16-15-29(28)25-20(2)13-14-24(26(25)35-27(29)30)34-19-22-11-9-8-10-12-22/h7-14,21,23,27H,1,15-17,19H2,2-6H3/t21-,23-,27+,28+,29-,30+/m0/s1. The van der Waals surface area contributed by atoms with Crippen LogP contribution in [0.3, 0.4) is 0 Å². The van der Waals surface area contributed by atoms with E-state index in [0.717, 1.165) is 30.0 Å². The van der Waals surface area contributed by atoms with Gasteiger partial charge < -0.3 is 19.1 Å². The van der Waals surface area contributed by atoms with Gasteiger partial charge in [-0.3, -0.25) is 0 Å². The van der Waals surface area contributed by atoms with Gasteiger partial charge >= 0.3 is 0 Å². The Morgan fingerprint density at radius 2 is 2.00 bits per heavy atom. The molecule has 0 bridgehead atoms. The van der Waals surface area contributed by atoms with Crippen LogP contribution in [-0.2, 0) is 16.8 Å². The van der Waals surface area contributed by atoms with E-state index in [9.17, 15) is 5.26 Å². The SMILES string of the molecule is C=C[C@@]1(OC)[C@H](C#N)C[C@]2(C)[C@H](C)N(C)CC[C@@]23c2c(C)ccc(OCc4ccccc4)c2O[C@@H]13. The molecule has 1 spiro atoms. The molecule has 2 fully saturated rings. The monoisotopic (exact) mass is 472 g/mol. The van der Waals surface area contributed by atoms with Crippen LogP contribution in [-0.4, -0.2) is 43.3 Å². The first-order valence-electron chi connectivity index (χ1n) is 12.5. The Morgan fingerprint density at radius 3 is 2.66 bits per heavy atom. The van der Waals surface area contributed by atoms with Crippen molar-refractivity contribution in [1.29, 1.82) is 5.26 Å². The Bertz CT molecular complexity index is 1170. The third-order valence-corrected chi connectivity index (χ3v) is 9.57. The highest BCUT2D eigenvalue weighted by Crippen LogP contribution is 2.69. The molecule has 184 valence electrons. The zero-order valence-electron chi connectivity index (χ0n) is 21.5. The van der Waals surface area contributed by atoms with Gasteiger partial charge in [0.2, 0.25) is 0 Å². The summed E-state index contributed by atoms with van der Waals surface area (Å²) in [6.45, 7) is 12.4. The van der Waals surface area contributed by atoms with E-state index in [2.05, 4.69) is 63.6 Å². The Labute approximate surface area is 209 Å². The second kappa shape index (κ2) is 8.40. The third-order valence-electron chi connectivity index (χ3n) is 9.57. The fourth-order valence-corrected chi connectivity index (χ4v) is 7.39. The zero-order chi connectivity index (χ0) is 25.0.